The largest absolute Gasteiger partial charge is 0.456 e. The van der Waals surface area contributed by atoms with E-state index in [9.17, 15) is 0 Å². The van der Waals surface area contributed by atoms with E-state index in [1.165, 1.54) is 21.5 Å². The van der Waals surface area contributed by atoms with Gasteiger partial charge in [-0.3, -0.25) is 0 Å². The Kier molecular flexibility index (Phi) is 8.18. The Labute approximate surface area is 383 Å². The van der Waals surface area contributed by atoms with Crippen LogP contribution >= 0.6 is 0 Å². The highest BCUT2D eigenvalue weighted by molar-refractivity contribution is 6.17. The van der Waals surface area contributed by atoms with Gasteiger partial charge in [0.1, 0.15) is 22.3 Å². The van der Waals surface area contributed by atoms with Crippen LogP contribution in [0.25, 0.3) is 139 Å². The molecule has 6 nitrogen and oxygen atoms in total. The molecule has 0 atom stereocenters. The minimum atomic E-state index is 0.521. The third kappa shape index (κ3) is 5.93. The molecule has 0 N–H and O–H groups in total. The smallest absolute Gasteiger partial charge is 0.167 e. The van der Waals surface area contributed by atoms with Crippen LogP contribution in [0.5, 0.6) is 0 Å². The van der Waals surface area contributed by atoms with Crippen LogP contribution in [-0.2, 0) is 0 Å². The zero-order chi connectivity index (χ0) is 44.0. The lowest BCUT2D eigenvalue weighted by molar-refractivity contribution is 0.668. The van der Waals surface area contributed by atoms with E-state index in [4.69, 9.17) is 23.8 Å². The summed E-state index contributed by atoms with van der Waals surface area (Å²) in [6.45, 7) is 0. The maximum Gasteiger partial charge on any atom is 0.167 e. The van der Waals surface area contributed by atoms with Gasteiger partial charge in [-0.1, -0.05) is 170 Å². The number of hydrogen-bond donors (Lipinski definition) is 0. The second-order valence-corrected chi connectivity index (χ2v) is 17.1. The van der Waals surface area contributed by atoms with Gasteiger partial charge in [-0.2, -0.15) is 0 Å². The average molecular weight is 857 g/mol. The minimum Gasteiger partial charge on any atom is -0.456 e. The summed E-state index contributed by atoms with van der Waals surface area (Å²) < 4.78 is 15.9. The van der Waals surface area contributed by atoms with E-state index in [2.05, 4.69) is 174 Å². The summed E-state index contributed by atoms with van der Waals surface area (Å²) in [5.41, 5.74) is 13.3. The number of rotatable bonds is 6. The van der Waals surface area contributed by atoms with Crippen molar-refractivity contribution in [2.75, 3.05) is 0 Å². The molecule has 14 rings (SSSR count). The van der Waals surface area contributed by atoms with Gasteiger partial charge in [-0.05, 0) is 69.9 Å². The first-order valence-electron chi connectivity index (χ1n) is 22.5. The lowest BCUT2D eigenvalue weighted by atomic mass is 9.98. The van der Waals surface area contributed by atoms with Crippen molar-refractivity contribution in [1.82, 2.24) is 19.5 Å². The third-order valence-electron chi connectivity index (χ3n) is 13.3. The Morgan fingerprint density at radius 1 is 0.313 bits per heavy atom. The fraction of sp³-hybridized carbons (Fsp3) is 0. The number of aromatic nitrogens is 4. The van der Waals surface area contributed by atoms with Gasteiger partial charge in [0.2, 0.25) is 0 Å². The van der Waals surface area contributed by atoms with Gasteiger partial charge in [0.25, 0.3) is 0 Å². The molecule has 312 valence electrons. The van der Waals surface area contributed by atoms with Gasteiger partial charge < -0.3 is 13.4 Å². The van der Waals surface area contributed by atoms with Crippen LogP contribution in [0.3, 0.4) is 0 Å². The molecular weight excluding hydrogens is 821 g/mol. The predicted molar refractivity (Wildman–Crippen MR) is 273 cm³/mol. The van der Waals surface area contributed by atoms with Gasteiger partial charge in [-0.15, -0.1) is 0 Å². The highest BCUT2D eigenvalue weighted by Gasteiger charge is 2.23. The highest BCUT2D eigenvalue weighted by atomic mass is 16.3. The Bertz CT molecular complexity index is 4260. The molecule has 14 aromatic rings. The molecule has 0 aliphatic heterocycles. The van der Waals surface area contributed by atoms with E-state index < -0.39 is 0 Å². The van der Waals surface area contributed by atoms with Crippen LogP contribution in [0.4, 0.5) is 0 Å². The van der Waals surface area contributed by atoms with Crippen LogP contribution in [0, 0.1) is 0 Å². The summed E-state index contributed by atoms with van der Waals surface area (Å²) in [5.74, 6) is 1.62. The second-order valence-electron chi connectivity index (χ2n) is 17.1. The molecule has 0 saturated heterocycles. The lowest BCUT2D eigenvalue weighted by Gasteiger charge is -2.15. The molecule has 0 aliphatic carbocycles. The number of para-hydroxylation sites is 3. The van der Waals surface area contributed by atoms with E-state index in [1.54, 1.807) is 0 Å². The van der Waals surface area contributed by atoms with Gasteiger partial charge in [-0.25, -0.2) is 15.0 Å². The van der Waals surface area contributed by atoms with Crippen molar-refractivity contribution < 1.29 is 8.83 Å². The van der Waals surface area contributed by atoms with Crippen molar-refractivity contribution in [3.8, 4) is 62.1 Å². The maximum absolute atomic E-state index is 6.92. The fourth-order valence-corrected chi connectivity index (χ4v) is 10.1. The zero-order valence-corrected chi connectivity index (χ0v) is 35.9. The molecule has 0 fully saturated rings. The monoisotopic (exact) mass is 856 g/mol. The van der Waals surface area contributed by atoms with Gasteiger partial charge in [0.05, 0.1) is 22.3 Å². The molecule has 6 heteroatoms. The second kappa shape index (κ2) is 14.7. The maximum atomic E-state index is 6.92. The van der Waals surface area contributed by atoms with Gasteiger partial charge in [0.15, 0.2) is 17.5 Å². The van der Waals surface area contributed by atoms with Crippen molar-refractivity contribution >= 4 is 76.5 Å². The van der Waals surface area contributed by atoms with Crippen LogP contribution < -0.4 is 0 Å². The predicted octanol–water partition coefficient (Wildman–Crippen LogP) is 16.3. The third-order valence-corrected chi connectivity index (χ3v) is 13.3. The summed E-state index contributed by atoms with van der Waals surface area (Å²) in [7, 11) is 0. The molecule has 0 spiro atoms. The summed E-state index contributed by atoms with van der Waals surface area (Å²) in [5, 5.41) is 8.75. The average Bonchev–Trinajstić information content (AvgIpc) is 4.07. The first kappa shape index (κ1) is 37.3. The number of benzene rings is 10. The molecule has 0 radical (unpaired) electrons. The van der Waals surface area contributed by atoms with E-state index in [0.29, 0.717) is 17.5 Å². The Morgan fingerprint density at radius 3 is 1.73 bits per heavy atom. The number of fused-ring (bicyclic) bond motifs is 10. The van der Waals surface area contributed by atoms with E-state index in [1.807, 2.05) is 48.5 Å². The first-order valence-corrected chi connectivity index (χ1v) is 22.5. The van der Waals surface area contributed by atoms with Crippen LogP contribution in [0.1, 0.15) is 0 Å². The van der Waals surface area contributed by atoms with E-state index in [0.717, 1.165) is 99.5 Å². The molecule has 0 unspecified atom stereocenters. The van der Waals surface area contributed by atoms with Crippen LogP contribution in [-0.4, -0.2) is 19.5 Å². The van der Waals surface area contributed by atoms with E-state index in [-0.39, 0.29) is 0 Å². The van der Waals surface area contributed by atoms with Crippen molar-refractivity contribution in [3.63, 3.8) is 0 Å². The quantitative estimate of drug-likeness (QED) is 0.167. The fourth-order valence-electron chi connectivity index (χ4n) is 10.1. The summed E-state index contributed by atoms with van der Waals surface area (Å²) in [4.78, 5) is 15.8. The van der Waals surface area contributed by atoms with Gasteiger partial charge in [0, 0.05) is 55.1 Å². The van der Waals surface area contributed by atoms with Crippen molar-refractivity contribution in [2.45, 2.75) is 0 Å². The van der Waals surface area contributed by atoms with Crippen molar-refractivity contribution in [2.24, 2.45) is 0 Å². The summed E-state index contributed by atoms with van der Waals surface area (Å²) in [6.07, 6.45) is 0. The first-order chi connectivity index (χ1) is 33.2. The Hall–Kier alpha value is -9.13. The highest BCUT2D eigenvalue weighted by Crippen LogP contribution is 2.44. The van der Waals surface area contributed by atoms with Crippen LogP contribution in [0.15, 0.2) is 227 Å². The Balaban J connectivity index is 1.02. The topological polar surface area (TPSA) is 69.9 Å². The SMILES string of the molecule is c1ccc(-c2ccc(-c3nc(-c4cccc5c4oc4ccccc45)nc(-c4cccc5oc6cc(-n7c8ccccc8c8cc9ccccc9cc87)c(-c7ccccc7)cc6c45)n3)cc2)cc1. The molecule has 0 aliphatic rings. The lowest BCUT2D eigenvalue weighted by Crippen LogP contribution is -2.01. The van der Waals surface area contributed by atoms with Crippen molar-refractivity contribution in [1.29, 1.82) is 0 Å². The Morgan fingerprint density at radius 2 is 0.910 bits per heavy atom. The molecule has 4 heterocycles. The molecule has 67 heavy (non-hydrogen) atoms. The number of nitrogens with zero attached hydrogens (tertiary/aromatic N) is 4. The van der Waals surface area contributed by atoms with Crippen LogP contribution in [0.2, 0.25) is 0 Å². The normalized spacial score (nSPS) is 11.9. The molecule has 10 aromatic carbocycles. The van der Waals surface area contributed by atoms with Gasteiger partial charge >= 0.3 is 0 Å². The molecule has 0 amide bonds. The zero-order valence-electron chi connectivity index (χ0n) is 35.9. The summed E-state index contributed by atoms with van der Waals surface area (Å²) in [6, 6.07) is 76.3. The van der Waals surface area contributed by atoms with Crippen molar-refractivity contribution in [3.05, 3.63) is 218 Å². The molecule has 4 aromatic heterocycles. The number of hydrogen-bond acceptors (Lipinski definition) is 5. The molecular formula is C61H36N4O2. The molecule has 0 bridgehead atoms. The standard InChI is InChI=1S/C61H36N4O2/c1-3-15-37(16-4-1)38-29-31-40(32-30-38)59-62-60(64-61(63-59)47-25-13-23-45-44-22-10-12-27-54(44)67-58(45)47)46-24-14-28-55-57(46)50-35-48(39-17-5-2-6-18-39)53(36-56(50)66-55)65-51-26-11-9-21-43(51)49-33-41-19-7-8-20-42(41)34-52(49)65/h1-36H. The minimum absolute atomic E-state index is 0.521. The molecule has 0 saturated carbocycles. The summed E-state index contributed by atoms with van der Waals surface area (Å²) >= 11 is 0. The van der Waals surface area contributed by atoms with E-state index >= 15 is 0 Å². The number of furan rings is 2.